The second-order valence-corrected chi connectivity index (χ2v) is 4.41. The molecule has 1 aliphatic heterocycles. The summed E-state index contributed by atoms with van der Waals surface area (Å²) in [7, 11) is 0. The fourth-order valence-corrected chi connectivity index (χ4v) is 1.86. The Morgan fingerprint density at radius 2 is 1.95 bits per heavy atom. The summed E-state index contributed by atoms with van der Waals surface area (Å²) in [6, 6.07) is 3.63. The van der Waals surface area contributed by atoms with Crippen molar-refractivity contribution >= 4 is 23.3 Å². The van der Waals surface area contributed by atoms with Crippen LogP contribution in [-0.4, -0.2) is 43.1 Å². The maximum absolute atomic E-state index is 13.7. The zero-order chi connectivity index (χ0) is 14.5. The summed E-state index contributed by atoms with van der Waals surface area (Å²) >= 11 is 0. The number of halogens is 1. The fourth-order valence-electron chi connectivity index (χ4n) is 1.86. The van der Waals surface area contributed by atoms with Gasteiger partial charge in [-0.05, 0) is 18.2 Å². The summed E-state index contributed by atoms with van der Waals surface area (Å²) in [5.74, 6) is -0.817. The van der Waals surface area contributed by atoms with Crippen LogP contribution in [0.2, 0.25) is 0 Å². The van der Waals surface area contributed by atoms with E-state index in [1.165, 1.54) is 25.1 Å². The average Bonchev–Trinajstić information content (AvgIpc) is 2.43. The summed E-state index contributed by atoms with van der Waals surface area (Å²) in [6.45, 7) is 3.25. The number of anilines is 2. The molecule has 0 unspecified atom stereocenters. The van der Waals surface area contributed by atoms with Crippen molar-refractivity contribution in [2.45, 2.75) is 6.92 Å². The number of rotatable bonds is 2. The zero-order valence-corrected chi connectivity index (χ0v) is 11.1. The van der Waals surface area contributed by atoms with E-state index in [-0.39, 0.29) is 17.6 Å². The molecule has 0 bridgehead atoms. The smallest absolute Gasteiger partial charge is 0.322 e. The molecule has 0 aromatic heterocycles. The third-order valence-electron chi connectivity index (χ3n) is 2.83. The van der Waals surface area contributed by atoms with Gasteiger partial charge in [0.25, 0.3) is 0 Å². The van der Waals surface area contributed by atoms with Gasteiger partial charge in [-0.15, -0.1) is 0 Å². The molecule has 108 valence electrons. The SMILES string of the molecule is CC(=O)Nc1ccc(F)c(NC(=O)N2CCOCC2)c1. The number of nitrogens with one attached hydrogen (secondary N) is 2. The molecule has 2 N–H and O–H groups in total. The Morgan fingerprint density at radius 3 is 2.60 bits per heavy atom. The van der Waals surface area contributed by atoms with Gasteiger partial charge in [0, 0.05) is 25.7 Å². The average molecular weight is 281 g/mol. The minimum atomic E-state index is -0.555. The first-order valence-corrected chi connectivity index (χ1v) is 6.27. The molecule has 1 aromatic rings. The molecule has 1 aliphatic rings. The van der Waals surface area contributed by atoms with Crippen molar-refractivity contribution in [3.63, 3.8) is 0 Å². The van der Waals surface area contributed by atoms with Gasteiger partial charge in [0.2, 0.25) is 5.91 Å². The second kappa shape index (κ2) is 6.33. The molecule has 20 heavy (non-hydrogen) atoms. The number of benzene rings is 1. The summed E-state index contributed by atoms with van der Waals surface area (Å²) in [6.07, 6.45) is 0. The lowest BCUT2D eigenvalue weighted by Gasteiger charge is -2.27. The summed E-state index contributed by atoms with van der Waals surface area (Å²) in [4.78, 5) is 24.5. The second-order valence-electron chi connectivity index (χ2n) is 4.41. The van der Waals surface area contributed by atoms with E-state index in [0.717, 1.165) is 0 Å². The van der Waals surface area contributed by atoms with Crippen molar-refractivity contribution in [3.05, 3.63) is 24.0 Å². The molecule has 7 heteroatoms. The number of carbonyl (C=O) groups is 2. The molecule has 0 atom stereocenters. The highest BCUT2D eigenvalue weighted by atomic mass is 19.1. The highest BCUT2D eigenvalue weighted by molar-refractivity contribution is 5.92. The van der Waals surface area contributed by atoms with Crippen LogP contribution in [-0.2, 0) is 9.53 Å². The molecule has 6 nitrogen and oxygen atoms in total. The van der Waals surface area contributed by atoms with Gasteiger partial charge in [0.15, 0.2) is 0 Å². The van der Waals surface area contributed by atoms with Gasteiger partial charge in [0.05, 0.1) is 18.9 Å². The molecule has 2 rings (SSSR count). The highest BCUT2D eigenvalue weighted by Crippen LogP contribution is 2.20. The van der Waals surface area contributed by atoms with E-state index in [4.69, 9.17) is 4.74 Å². The van der Waals surface area contributed by atoms with E-state index in [1.54, 1.807) is 4.90 Å². The Labute approximate surface area is 115 Å². The van der Waals surface area contributed by atoms with Gasteiger partial charge >= 0.3 is 6.03 Å². The Kier molecular flexibility index (Phi) is 4.52. The van der Waals surface area contributed by atoms with Crippen LogP contribution in [0.1, 0.15) is 6.92 Å². The van der Waals surface area contributed by atoms with Crippen LogP contribution in [0.3, 0.4) is 0 Å². The van der Waals surface area contributed by atoms with E-state index in [9.17, 15) is 14.0 Å². The lowest BCUT2D eigenvalue weighted by atomic mass is 10.2. The summed E-state index contributed by atoms with van der Waals surface area (Å²) in [5, 5.41) is 5.03. The van der Waals surface area contributed by atoms with E-state index in [0.29, 0.717) is 32.0 Å². The van der Waals surface area contributed by atoms with Gasteiger partial charge in [-0.2, -0.15) is 0 Å². The van der Waals surface area contributed by atoms with E-state index in [1.807, 2.05) is 0 Å². The lowest BCUT2D eigenvalue weighted by molar-refractivity contribution is -0.114. The number of urea groups is 1. The molecule has 0 saturated carbocycles. The van der Waals surface area contributed by atoms with Gasteiger partial charge in [-0.1, -0.05) is 0 Å². The Balaban J connectivity index is 2.07. The number of hydrogen-bond acceptors (Lipinski definition) is 3. The van der Waals surface area contributed by atoms with Crippen molar-refractivity contribution in [1.82, 2.24) is 4.90 Å². The zero-order valence-electron chi connectivity index (χ0n) is 11.1. The van der Waals surface area contributed by atoms with Crippen molar-refractivity contribution in [1.29, 1.82) is 0 Å². The number of hydrogen-bond donors (Lipinski definition) is 2. The van der Waals surface area contributed by atoms with Crippen molar-refractivity contribution in [3.8, 4) is 0 Å². The first kappa shape index (κ1) is 14.3. The molecule has 1 aromatic carbocycles. The third kappa shape index (κ3) is 3.67. The lowest BCUT2D eigenvalue weighted by Crippen LogP contribution is -2.43. The minimum Gasteiger partial charge on any atom is -0.378 e. The topological polar surface area (TPSA) is 70.7 Å². The van der Waals surface area contributed by atoms with Crippen LogP contribution >= 0.6 is 0 Å². The molecule has 1 heterocycles. The molecule has 0 spiro atoms. The number of nitrogens with zero attached hydrogens (tertiary/aromatic N) is 1. The van der Waals surface area contributed by atoms with Crippen molar-refractivity contribution in [2.75, 3.05) is 36.9 Å². The van der Waals surface area contributed by atoms with Crippen molar-refractivity contribution in [2.24, 2.45) is 0 Å². The van der Waals surface area contributed by atoms with Crippen LogP contribution in [0.15, 0.2) is 18.2 Å². The maximum Gasteiger partial charge on any atom is 0.322 e. The molecule has 0 radical (unpaired) electrons. The molecule has 0 aliphatic carbocycles. The van der Waals surface area contributed by atoms with E-state index < -0.39 is 5.82 Å². The van der Waals surface area contributed by atoms with Crippen LogP contribution < -0.4 is 10.6 Å². The monoisotopic (exact) mass is 281 g/mol. The molecule has 3 amide bonds. The molecule has 1 saturated heterocycles. The van der Waals surface area contributed by atoms with Crippen LogP contribution in [0.4, 0.5) is 20.6 Å². The number of carbonyl (C=O) groups excluding carboxylic acids is 2. The number of amides is 3. The van der Waals surface area contributed by atoms with Crippen molar-refractivity contribution < 1.29 is 18.7 Å². The van der Waals surface area contributed by atoms with Gasteiger partial charge in [-0.25, -0.2) is 9.18 Å². The quantitative estimate of drug-likeness (QED) is 0.866. The highest BCUT2D eigenvalue weighted by Gasteiger charge is 2.18. The van der Waals surface area contributed by atoms with Gasteiger partial charge < -0.3 is 20.3 Å². The maximum atomic E-state index is 13.7. The number of morpholine rings is 1. The molecular weight excluding hydrogens is 265 g/mol. The molecule has 1 fully saturated rings. The van der Waals surface area contributed by atoms with E-state index in [2.05, 4.69) is 10.6 Å². The van der Waals surface area contributed by atoms with Crippen LogP contribution in [0.5, 0.6) is 0 Å². The molecular formula is C13H16FN3O3. The summed E-state index contributed by atoms with van der Waals surface area (Å²) < 4.78 is 18.8. The van der Waals surface area contributed by atoms with Gasteiger partial charge in [0.1, 0.15) is 5.82 Å². The normalized spacial score (nSPS) is 14.8. The Bertz CT molecular complexity index is 516. The predicted octanol–water partition coefficient (Wildman–Crippen LogP) is 1.65. The first-order chi connectivity index (χ1) is 9.56. The summed E-state index contributed by atoms with van der Waals surface area (Å²) in [5.41, 5.74) is 0.462. The van der Waals surface area contributed by atoms with Crippen LogP contribution in [0.25, 0.3) is 0 Å². The largest absolute Gasteiger partial charge is 0.378 e. The fraction of sp³-hybridized carbons (Fsp3) is 0.385. The minimum absolute atomic E-state index is 0.0349. The Morgan fingerprint density at radius 1 is 1.25 bits per heavy atom. The predicted molar refractivity (Wildman–Crippen MR) is 72.1 cm³/mol. The van der Waals surface area contributed by atoms with Gasteiger partial charge in [-0.3, -0.25) is 4.79 Å². The first-order valence-electron chi connectivity index (χ1n) is 6.27. The third-order valence-corrected chi connectivity index (χ3v) is 2.83. The van der Waals surface area contributed by atoms with E-state index >= 15 is 0 Å². The van der Waals surface area contributed by atoms with Crippen LogP contribution in [0, 0.1) is 5.82 Å². The Hall–Kier alpha value is -2.15. The standard InChI is InChI=1S/C13H16FN3O3/c1-9(18)15-10-2-3-11(14)12(8-10)16-13(19)17-4-6-20-7-5-17/h2-3,8H,4-7H2,1H3,(H,15,18)(H,16,19). The number of ether oxygens (including phenoxy) is 1.